The highest BCUT2D eigenvalue weighted by Gasteiger charge is 2.37. The highest BCUT2D eigenvalue weighted by molar-refractivity contribution is 5.90. The predicted octanol–water partition coefficient (Wildman–Crippen LogP) is 5.55. The van der Waals surface area contributed by atoms with Crippen LogP contribution in [-0.4, -0.2) is 56.2 Å². The van der Waals surface area contributed by atoms with Crippen molar-refractivity contribution in [2.24, 2.45) is 5.41 Å². The van der Waals surface area contributed by atoms with E-state index in [2.05, 4.69) is 29.3 Å². The van der Waals surface area contributed by atoms with Crippen LogP contribution in [-0.2, 0) is 43.5 Å². The average Bonchev–Trinajstić information content (AvgIpc) is 3.10. The molecule has 242 valence electrons. The summed E-state index contributed by atoms with van der Waals surface area (Å²) in [5.41, 5.74) is -1.21. The van der Waals surface area contributed by atoms with Crippen molar-refractivity contribution >= 4 is 36.4 Å². The third-order valence-corrected chi connectivity index (χ3v) is 5.85. The second kappa shape index (κ2) is 17.9. The van der Waals surface area contributed by atoms with E-state index in [1.165, 1.54) is 36.4 Å². The summed E-state index contributed by atoms with van der Waals surface area (Å²) >= 11 is 0. The lowest BCUT2D eigenvalue weighted by molar-refractivity contribution is -0.217. The topological polar surface area (TPSA) is 185 Å². The molecule has 0 aromatic heterocycles. The molecule has 3 rings (SSSR count). The first kappa shape index (κ1) is 34.4. The van der Waals surface area contributed by atoms with Gasteiger partial charge in [0, 0.05) is 0 Å². The fourth-order valence-electron chi connectivity index (χ4n) is 3.66. The molecule has 0 saturated carbocycles. The molecule has 0 aliphatic carbocycles. The zero-order chi connectivity index (χ0) is 33.2. The van der Waals surface area contributed by atoms with Crippen LogP contribution in [0.15, 0.2) is 91.0 Å². The molecule has 0 bridgehead atoms. The Morgan fingerprint density at radius 3 is 1.00 bits per heavy atom. The van der Waals surface area contributed by atoms with E-state index >= 15 is 0 Å². The van der Waals surface area contributed by atoms with Gasteiger partial charge in [-0.1, -0.05) is 67.9 Å². The number of hydrogen-bond acceptors (Lipinski definition) is 15. The summed E-state index contributed by atoms with van der Waals surface area (Å²) in [6.07, 6.45) is -3.92. The normalized spacial score (nSPS) is 10.4. The van der Waals surface area contributed by atoms with Crippen molar-refractivity contribution in [3.8, 4) is 0 Å². The van der Waals surface area contributed by atoms with Crippen molar-refractivity contribution in [3.63, 3.8) is 0 Å². The first-order chi connectivity index (χ1) is 22.2. The molecule has 0 aliphatic heterocycles. The Balaban J connectivity index is 1.60. The molecule has 0 amide bonds. The Labute approximate surface area is 261 Å². The van der Waals surface area contributed by atoms with Gasteiger partial charge in [-0.2, -0.15) is 14.4 Å². The van der Waals surface area contributed by atoms with Gasteiger partial charge in [-0.15, -0.1) is 0 Å². The van der Waals surface area contributed by atoms with Gasteiger partial charge in [0.1, 0.15) is 19.8 Å². The van der Waals surface area contributed by atoms with Gasteiger partial charge in [-0.25, -0.2) is 43.7 Å². The van der Waals surface area contributed by atoms with Gasteiger partial charge in [0.15, 0.2) is 0 Å². The summed E-state index contributed by atoms with van der Waals surface area (Å²) in [6, 6.07) is 22.9. The fraction of sp³-hybridized carbons (Fsp3) is 0.226. The van der Waals surface area contributed by atoms with Gasteiger partial charge in [-0.05, 0) is 42.8 Å². The molecule has 3 aromatic carbocycles. The predicted molar refractivity (Wildman–Crippen MR) is 150 cm³/mol. The van der Waals surface area contributed by atoms with Crippen molar-refractivity contribution in [3.05, 3.63) is 108 Å². The minimum atomic E-state index is -1.48. The van der Waals surface area contributed by atoms with Crippen LogP contribution in [0.1, 0.15) is 50.8 Å². The molecule has 0 aliphatic rings. The van der Waals surface area contributed by atoms with Crippen molar-refractivity contribution < 1.29 is 72.3 Å². The van der Waals surface area contributed by atoms with Gasteiger partial charge in [0.2, 0.25) is 0 Å². The van der Waals surface area contributed by atoms with Crippen LogP contribution in [0.4, 0.5) is 14.4 Å². The minimum Gasteiger partial charge on any atom is -0.431 e. The lowest BCUT2D eigenvalue weighted by Crippen LogP contribution is -2.40. The van der Waals surface area contributed by atoms with Gasteiger partial charge in [0.05, 0.1) is 22.1 Å². The van der Waals surface area contributed by atoms with Crippen LogP contribution < -0.4 is 0 Å². The average molecular weight is 641 g/mol. The molecular weight excluding hydrogens is 612 g/mol. The van der Waals surface area contributed by atoms with E-state index in [1.54, 1.807) is 61.5 Å². The number of ether oxygens (including phenoxy) is 3. The lowest BCUT2D eigenvalue weighted by atomic mass is 9.86. The second-order valence-corrected chi connectivity index (χ2v) is 9.33. The number of benzene rings is 3. The van der Waals surface area contributed by atoms with Crippen molar-refractivity contribution in [2.45, 2.75) is 19.8 Å². The van der Waals surface area contributed by atoms with Crippen LogP contribution in [0.5, 0.6) is 0 Å². The van der Waals surface area contributed by atoms with E-state index in [0.717, 1.165) is 0 Å². The van der Waals surface area contributed by atoms with Crippen LogP contribution in [0.3, 0.4) is 0 Å². The molecule has 15 heteroatoms. The van der Waals surface area contributed by atoms with Crippen LogP contribution in [0.25, 0.3) is 0 Å². The van der Waals surface area contributed by atoms with Gasteiger partial charge < -0.3 is 14.2 Å². The molecule has 0 radical (unpaired) electrons. The van der Waals surface area contributed by atoms with Gasteiger partial charge in [-0.3, -0.25) is 0 Å². The van der Waals surface area contributed by atoms with Gasteiger partial charge in [0.25, 0.3) is 0 Å². The van der Waals surface area contributed by atoms with E-state index in [4.69, 9.17) is 14.2 Å². The molecule has 0 spiro atoms. The summed E-state index contributed by atoms with van der Waals surface area (Å²) in [4.78, 5) is 99.4. The monoisotopic (exact) mass is 640 g/mol. The highest BCUT2D eigenvalue weighted by atomic mass is 17.2. The largest absolute Gasteiger partial charge is 0.549 e. The summed E-state index contributed by atoms with van der Waals surface area (Å²) < 4.78 is 15.1. The third kappa shape index (κ3) is 11.5. The zero-order valence-corrected chi connectivity index (χ0v) is 24.3. The second-order valence-electron chi connectivity index (χ2n) is 9.33. The third-order valence-electron chi connectivity index (χ3n) is 5.85. The van der Waals surface area contributed by atoms with Gasteiger partial charge >= 0.3 is 36.4 Å². The zero-order valence-electron chi connectivity index (χ0n) is 24.3. The van der Waals surface area contributed by atoms with Crippen LogP contribution in [0.2, 0.25) is 0 Å². The Morgan fingerprint density at radius 2 is 0.739 bits per heavy atom. The molecule has 0 atom stereocenters. The maximum absolute atomic E-state index is 12.2. The SMILES string of the molecule is CCCC(COC(=O)OOC(=O)c1ccccc1)(COC(=O)OOC(=O)c1ccccc1)COC(=O)OOC(=O)c1ccccc1. The lowest BCUT2D eigenvalue weighted by Gasteiger charge is -2.30. The maximum atomic E-state index is 12.2. The molecule has 0 unspecified atom stereocenters. The van der Waals surface area contributed by atoms with Crippen LogP contribution >= 0.6 is 0 Å². The highest BCUT2D eigenvalue weighted by Crippen LogP contribution is 2.27. The molecule has 0 heterocycles. The summed E-state index contributed by atoms with van der Waals surface area (Å²) in [5.74, 6) is -2.95. The number of carbonyl (C=O) groups is 6. The number of rotatable bonds is 11. The van der Waals surface area contributed by atoms with E-state index in [0.29, 0.717) is 6.42 Å². The standard InChI is InChI=1S/C31H28O15/c1-2-18-31(19-38-28(35)44-41-25(32)22-12-6-3-7-13-22,20-39-29(36)45-42-26(33)23-14-8-4-9-15-23)21-40-30(37)46-43-27(34)24-16-10-5-11-17-24/h3-17H,2,18-21H2,1H3. The minimum absolute atomic E-state index is 0.0816. The fourth-order valence-corrected chi connectivity index (χ4v) is 3.66. The first-order valence-corrected chi connectivity index (χ1v) is 13.5. The van der Waals surface area contributed by atoms with E-state index < -0.39 is 61.6 Å². The van der Waals surface area contributed by atoms with E-state index in [9.17, 15) is 28.8 Å². The number of carbonyl (C=O) groups excluding carboxylic acids is 6. The Morgan fingerprint density at radius 1 is 0.457 bits per heavy atom. The molecule has 3 aromatic rings. The smallest absolute Gasteiger partial charge is 0.431 e. The maximum Gasteiger partial charge on any atom is 0.549 e. The summed E-state index contributed by atoms with van der Waals surface area (Å²) in [7, 11) is 0. The Hall–Kier alpha value is -6.12. The molecule has 0 fully saturated rings. The first-order valence-electron chi connectivity index (χ1n) is 13.5. The van der Waals surface area contributed by atoms with E-state index in [-0.39, 0.29) is 23.1 Å². The molecule has 46 heavy (non-hydrogen) atoms. The molecule has 0 saturated heterocycles. The summed E-state index contributed by atoms with van der Waals surface area (Å²) in [6.45, 7) is -0.168. The number of hydrogen-bond donors (Lipinski definition) is 0. The Kier molecular flexibility index (Phi) is 13.3. The van der Waals surface area contributed by atoms with Crippen molar-refractivity contribution in [1.29, 1.82) is 0 Å². The van der Waals surface area contributed by atoms with Crippen molar-refractivity contribution in [2.75, 3.05) is 19.8 Å². The quantitative estimate of drug-likeness (QED) is 0.110. The van der Waals surface area contributed by atoms with Crippen molar-refractivity contribution in [1.82, 2.24) is 0 Å². The Bertz CT molecular complexity index is 1290. The molecule has 0 N–H and O–H groups in total. The van der Waals surface area contributed by atoms with E-state index in [1.807, 2.05) is 0 Å². The molecular formula is C31H28O15. The van der Waals surface area contributed by atoms with Crippen LogP contribution in [0, 0.1) is 5.41 Å². The summed E-state index contributed by atoms with van der Waals surface area (Å²) in [5, 5.41) is 0. The molecule has 15 nitrogen and oxygen atoms in total.